The molecule has 1 aromatic carbocycles. The summed E-state index contributed by atoms with van der Waals surface area (Å²) in [6, 6.07) is 3.32. The molecule has 0 aliphatic rings. The van der Waals surface area contributed by atoms with Crippen molar-refractivity contribution in [3.8, 4) is 17.1 Å². The normalized spacial score (nSPS) is 10.1. The molecule has 0 amide bonds. The molecular weight excluding hydrogens is 206 g/mol. The topological polar surface area (TPSA) is 99.9 Å². The van der Waals surface area contributed by atoms with E-state index in [1.54, 1.807) is 19.2 Å². The van der Waals surface area contributed by atoms with E-state index in [2.05, 4.69) is 15.0 Å². The Balaban J connectivity index is 2.64. The standard InChI is InChI=1S/C10H11N5O/c1-16-8-3-6(11)2-7(12)9(8)10-14-4-13-5-15-10/h2-5H,11-12H2,1H3. The van der Waals surface area contributed by atoms with Gasteiger partial charge in [0.25, 0.3) is 0 Å². The lowest BCUT2D eigenvalue weighted by Gasteiger charge is -2.10. The maximum absolute atomic E-state index is 5.87. The maximum atomic E-state index is 5.87. The van der Waals surface area contributed by atoms with Gasteiger partial charge in [-0.05, 0) is 6.07 Å². The molecule has 0 spiro atoms. The molecule has 1 aromatic heterocycles. The van der Waals surface area contributed by atoms with Crippen molar-refractivity contribution in [2.75, 3.05) is 18.6 Å². The van der Waals surface area contributed by atoms with Crippen molar-refractivity contribution in [1.82, 2.24) is 15.0 Å². The van der Waals surface area contributed by atoms with Gasteiger partial charge in [0.1, 0.15) is 18.4 Å². The first-order valence-corrected chi connectivity index (χ1v) is 4.57. The Morgan fingerprint density at radius 2 is 1.81 bits per heavy atom. The first-order valence-electron chi connectivity index (χ1n) is 4.57. The van der Waals surface area contributed by atoms with Crippen LogP contribution in [0.2, 0.25) is 0 Å². The van der Waals surface area contributed by atoms with E-state index in [4.69, 9.17) is 16.2 Å². The zero-order valence-electron chi connectivity index (χ0n) is 8.71. The highest BCUT2D eigenvalue weighted by molar-refractivity contribution is 5.81. The van der Waals surface area contributed by atoms with Crippen LogP contribution >= 0.6 is 0 Å². The lowest BCUT2D eigenvalue weighted by molar-refractivity contribution is 0.416. The van der Waals surface area contributed by atoms with E-state index in [1.165, 1.54) is 12.7 Å². The van der Waals surface area contributed by atoms with Gasteiger partial charge in [-0.15, -0.1) is 0 Å². The first kappa shape index (κ1) is 10.2. The fraction of sp³-hybridized carbons (Fsp3) is 0.100. The molecule has 0 unspecified atom stereocenters. The number of anilines is 2. The summed E-state index contributed by atoms with van der Waals surface area (Å²) < 4.78 is 5.20. The van der Waals surface area contributed by atoms with Gasteiger partial charge in [0, 0.05) is 17.4 Å². The Kier molecular flexibility index (Phi) is 2.55. The molecule has 4 N–H and O–H groups in total. The fourth-order valence-electron chi connectivity index (χ4n) is 1.43. The van der Waals surface area contributed by atoms with Crippen molar-refractivity contribution in [3.05, 3.63) is 24.8 Å². The van der Waals surface area contributed by atoms with E-state index in [9.17, 15) is 0 Å². The van der Waals surface area contributed by atoms with Crippen molar-refractivity contribution in [1.29, 1.82) is 0 Å². The number of hydrogen-bond donors (Lipinski definition) is 2. The zero-order chi connectivity index (χ0) is 11.5. The van der Waals surface area contributed by atoms with Gasteiger partial charge in [-0.2, -0.15) is 0 Å². The van der Waals surface area contributed by atoms with Crippen LogP contribution in [0.25, 0.3) is 11.4 Å². The van der Waals surface area contributed by atoms with E-state index in [0.717, 1.165) is 0 Å². The second-order valence-electron chi connectivity index (χ2n) is 3.15. The van der Waals surface area contributed by atoms with Gasteiger partial charge in [-0.25, -0.2) is 15.0 Å². The molecule has 1 heterocycles. The van der Waals surface area contributed by atoms with Gasteiger partial charge in [0.05, 0.1) is 12.7 Å². The lowest BCUT2D eigenvalue weighted by atomic mass is 10.1. The number of benzene rings is 1. The second-order valence-corrected chi connectivity index (χ2v) is 3.15. The van der Waals surface area contributed by atoms with E-state index in [1.807, 2.05) is 0 Å². The van der Waals surface area contributed by atoms with Gasteiger partial charge < -0.3 is 16.2 Å². The minimum atomic E-state index is 0.462. The zero-order valence-corrected chi connectivity index (χ0v) is 8.71. The molecule has 0 radical (unpaired) electrons. The molecule has 0 atom stereocenters. The number of nitrogens with zero attached hydrogens (tertiary/aromatic N) is 3. The Bertz CT molecular complexity index is 500. The van der Waals surface area contributed by atoms with E-state index >= 15 is 0 Å². The SMILES string of the molecule is COc1cc(N)cc(N)c1-c1ncncn1. The average Bonchev–Trinajstić information content (AvgIpc) is 2.29. The molecule has 16 heavy (non-hydrogen) atoms. The minimum Gasteiger partial charge on any atom is -0.496 e. The number of rotatable bonds is 2. The molecule has 0 aliphatic heterocycles. The number of nitrogens with two attached hydrogens (primary N) is 2. The smallest absolute Gasteiger partial charge is 0.168 e. The third kappa shape index (κ3) is 1.72. The fourth-order valence-corrected chi connectivity index (χ4v) is 1.43. The Morgan fingerprint density at radius 1 is 1.12 bits per heavy atom. The van der Waals surface area contributed by atoms with Gasteiger partial charge in [0.15, 0.2) is 5.82 Å². The Labute approximate surface area is 92.3 Å². The summed E-state index contributed by atoms with van der Waals surface area (Å²) in [5, 5.41) is 0. The summed E-state index contributed by atoms with van der Waals surface area (Å²) in [4.78, 5) is 11.8. The van der Waals surface area contributed by atoms with Gasteiger partial charge in [0.2, 0.25) is 0 Å². The summed E-state index contributed by atoms with van der Waals surface area (Å²) in [5.74, 6) is 1.01. The quantitative estimate of drug-likeness (QED) is 0.718. The largest absolute Gasteiger partial charge is 0.496 e. The molecule has 6 nitrogen and oxygen atoms in total. The highest BCUT2D eigenvalue weighted by atomic mass is 16.5. The molecule has 0 saturated heterocycles. The molecule has 0 aliphatic carbocycles. The number of aromatic nitrogens is 3. The van der Waals surface area contributed by atoms with Gasteiger partial charge in [-0.3, -0.25) is 0 Å². The minimum absolute atomic E-state index is 0.462. The summed E-state index contributed by atoms with van der Waals surface area (Å²) in [5.41, 5.74) is 13.2. The van der Waals surface area contributed by atoms with Crippen molar-refractivity contribution in [2.45, 2.75) is 0 Å². The van der Waals surface area contributed by atoms with E-state index in [0.29, 0.717) is 28.5 Å². The third-order valence-corrected chi connectivity index (χ3v) is 2.09. The van der Waals surface area contributed by atoms with Crippen LogP contribution in [-0.2, 0) is 0 Å². The van der Waals surface area contributed by atoms with E-state index < -0.39 is 0 Å². The van der Waals surface area contributed by atoms with Crippen LogP contribution in [0.3, 0.4) is 0 Å². The van der Waals surface area contributed by atoms with Crippen molar-refractivity contribution in [3.63, 3.8) is 0 Å². The highest BCUT2D eigenvalue weighted by Crippen LogP contribution is 2.34. The van der Waals surface area contributed by atoms with Crippen molar-refractivity contribution < 1.29 is 4.74 Å². The molecule has 2 rings (SSSR count). The van der Waals surface area contributed by atoms with Crippen LogP contribution in [0, 0.1) is 0 Å². The summed E-state index contributed by atoms with van der Waals surface area (Å²) >= 11 is 0. The molecule has 82 valence electrons. The van der Waals surface area contributed by atoms with Gasteiger partial charge in [-0.1, -0.05) is 0 Å². The molecule has 6 heteroatoms. The van der Waals surface area contributed by atoms with Crippen LogP contribution in [0.5, 0.6) is 5.75 Å². The number of ether oxygens (including phenoxy) is 1. The molecule has 0 fully saturated rings. The molecule has 2 aromatic rings. The van der Waals surface area contributed by atoms with Gasteiger partial charge >= 0.3 is 0 Å². The van der Waals surface area contributed by atoms with Crippen LogP contribution in [0.1, 0.15) is 0 Å². The summed E-state index contributed by atoms with van der Waals surface area (Å²) in [6.45, 7) is 0. The molecule has 0 saturated carbocycles. The lowest BCUT2D eigenvalue weighted by Crippen LogP contribution is -2.00. The summed E-state index contributed by atoms with van der Waals surface area (Å²) in [6.07, 6.45) is 2.80. The van der Waals surface area contributed by atoms with E-state index in [-0.39, 0.29) is 0 Å². The number of hydrogen-bond acceptors (Lipinski definition) is 6. The summed E-state index contributed by atoms with van der Waals surface area (Å²) in [7, 11) is 1.54. The molecular formula is C10H11N5O. The van der Waals surface area contributed by atoms with Crippen LogP contribution in [0.4, 0.5) is 11.4 Å². The monoisotopic (exact) mass is 217 g/mol. The Morgan fingerprint density at radius 3 is 2.44 bits per heavy atom. The Hall–Kier alpha value is -2.37. The van der Waals surface area contributed by atoms with Crippen molar-refractivity contribution >= 4 is 11.4 Å². The predicted molar refractivity (Wildman–Crippen MR) is 60.6 cm³/mol. The van der Waals surface area contributed by atoms with Crippen LogP contribution in [0.15, 0.2) is 24.8 Å². The first-order chi connectivity index (χ1) is 7.72. The average molecular weight is 217 g/mol. The molecule has 0 bridgehead atoms. The maximum Gasteiger partial charge on any atom is 0.168 e. The second kappa shape index (κ2) is 4.01. The highest BCUT2D eigenvalue weighted by Gasteiger charge is 2.13. The van der Waals surface area contributed by atoms with Crippen LogP contribution in [-0.4, -0.2) is 22.1 Å². The third-order valence-electron chi connectivity index (χ3n) is 2.09. The predicted octanol–water partition coefficient (Wildman–Crippen LogP) is 0.712. The van der Waals surface area contributed by atoms with Crippen LogP contribution < -0.4 is 16.2 Å². The number of methoxy groups -OCH3 is 1. The van der Waals surface area contributed by atoms with Crippen molar-refractivity contribution in [2.24, 2.45) is 0 Å². The number of nitrogen functional groups attached to an aromatic ring is 2.